The Labute approximate surface area is 192 Å². The third-order valence-electron chi connectivity index (χ3n) is 4.83. The third kappa shape index (κ3) is 6.39. The Morgan fingerprint density at radius 1 is 0.576 bits per heavy atom. The van der Waals surface area contributed by atoms with Gasteiger partial charge in [-0.05, 0) is 34.7 Å². The molecule has 0 bridgehead atoms. The van der Waals surface area contributed by atoms with E-state index < -0.39 is 0 Å². The first-order valence-electron chi connectivity index (χ1n) is 10.0. The van der Waals surface area contributed by atoms with Crippen LogP contribution in [0.2, 0.25) is 0 Å². The highest BCUT2D eigenvalue weighted by atomic mass is 16.1. The molecule has 0 aromatic heterocycles. The van der Waals surface area contributed by atoms with Crippen LogP contribution in [0.3, 0.4) is 0 Å². The monoisotopic (exact) mass is 434 g/mol. The Morgan fingerprint density at radius 3 is 1.45 bits per heavy atom. The molecular weight excluding hydrogens is 412 g/mol. The van der Waals surface area contributed by atoms with Crippen molar-refractivity contribution in [3.63, 3.8) is 0 Å². The Morgan fingerprint density at radius 2 is 0.970 bits per heavy atom. The molecule has 162 valence electrons. The van der Waals surface area contributed by atoms with Crippen LogP contribution in [-0.2, 0) is 9.59 Å². The van der Waals surface area contributed by atoms with Gasteiger partial charge in [-0.25, -0.2) is 20.4 Å². The fourth-order valence-electron chi connectivity index (χ4n) is 3.47. The largest absolute Gasteiger partial charge is 0.289 e. The van der Waals surface area contributed by atoms with Crippen molar-refractivity contribution in [2.75, 3.05) is 0 Å². The summed E-state index contributed by atoms with van der Waals surface area (Å²) in [7, 11) is 0. The molecule has 0 fully saturated rings. The van der Waals surface area contributed by atoms with Crippen molar-refractivity contribution in [2.45, 2.75) is 6.92 Å². The zero-order valence-electron chi connectivity index (χ0n) is 18.0. The molecule has 4 aromatic carbocycles. The van der Waals surface area contributed by atoms with Crippen molar-refractivity contribution in [3.8, 4) is 22.3 Å². The summed E-state index contributed by atoms with van der Waals surface area (Å²) in [4.78, 5) is 28.5. The summed E-state index contributed by atoms with van der Waals surface area (Å²) >= 11 is 0. The van der Waals surface area contributed by atoms with E-state index in [0.717, 1.165) is 23.3 Å². The van der Waals surface area contributed by atoms with Crippen LogP contribution in [0.1, 0.15) is 21.5 Å². The molecule has 0 saturated carbocycles. The highest BCUT2D eigenvalue weighted by Gasteiger charge is 2.22. The minimum Gasteiger partial charge on any atom is -0.289 e. The lowest BCUT2D eigenvalue weighted by atomic mass is 9.78. The summed E-state index contributed by atoms with van der Waals surface area (Å²) in [5.41, 5.74) is 8.53. The fourth-order valence-corrected chi connectivity index (χ4v) is 3.47. The van der Waals surface area contributed by atoms with Crippen molar-refractivity contribution in [2.24, 2.45) is 0 Å². The minimum atomic E-state index is 0.0752. The lowest BCUT2D eigenvalue weighted by Crippen LogP contribution is -1.99. The molecule has 5 nitrogen and oxygen atoms in total. The van der Waals surface area contributed by atoms with Gasteiger partial charge in [-0.2, -0.15) is 0 Å². The van der Waals surface area contributed by atoms with Crippen LogP contribution in [0, 0.1) is 17.7 Å². The Kier molecular flexibility index (Phi) is 9.59. The number of carbonyl (C=O) groups is 1. The number of benzene rings is 4. The number of fused-ring (bicyclic) bond motifs is 4. The molecule has 0 unspecified atom stereocenters. The number of isocyanates is 2. The smallest absolute Gasteiger partial charge is 0.231 e. The predicted octanol–water partition coefficient (Wildman–Crippen LogP) is 6.36. The van der Waals surface area contributed by atoms with E-state index in [9.17, 15) is 4.79 Å². The number of ketones is 1. The zero-order valence-corrected chi connectivity index (χ0v) is 18.0. The molecule has 1 aliphatic rings. The predicted molar refractivity (Wildman–Crippen MR) is 129 cm³/mol. The van der Waals surface area contributed by atoms with Crippen molar-refractivity contribution < 1.29 is 14.4 Å². The van der Waals surface area contributed by atoms with Gasteiger partial charge in [-0.15, -0.1) is 0 Å². The fraction of sp³-hybridized carbons (Fsp3) is 0.0357. The van der Waals surface area contributed by atoms with Crippen LogP contribution in [0.4, 0.5) is 0 Å². The summed E-state index contributed by atoms with van der Waals surface area (Å²) in [6.07, 6.45) is 1.50. The van der Waals surface area contributed by atoms with Gasteiger partial charge in [0, 0.05) is 11.1 Å². The van der Waals surface area contributed by atoms with Gasteiger partial charge in [0.15, 0.2) is 5.78 Å². The maximum absolute atomic E-state index is 11.8. The van der Waals surface area contributed by atoms with Gasteiger partial charge < -0.3 is 0 Å². The van der Waals surface area contributed by atoms with Gasteiger partial charge in [0.1, 0.15) is 0 Å². The van der Waals surface area contributed by atoms with E-state index in [-0.39, 0.29) is 5.78 Å². The number of carbonyl (C=O) groups excluding carboxylic acids is 3. The van der Waals surface area contributed by atoms with Crippen LogP contribution in [0.5, 0.6) is 0 Å². The van der Waals surface area contributed by atoms with Crippen molar-refractivity contribution >= 4 is 17.9 Å². The summed E-state index contributed by atoms with van der Waals surface area (Å²) < 4.78 is 0. The molecule has 33 heavy (non-hydrogen) atoms. The lowest BCUT2D eigenvalue weighted by Gasteiger charge is -2.25. The average Bonchev–Trinajstić information content (AvgIpc) is 2.84. The Bertz CT molecular complexity index is 1220. The van der Waals surface area contributed by atoms with Crippen molar-refractivity contribution in [1.29, 1.82) is 10.8 Å². The van der Waals surface area contributed by atoms with E-state index >= 15 is 0 Å². The van der Waals surface area contributed by atoms with Gasteiger partial charge in [0.05, 0.1) is 0 Å². The molecule has 0 amide bonds. The molecule has 2 N–H and O–H groups in total. The highest BCUT2D eigenvalue weighted by Crippen LogP contribution is 2.48. The van der Waals surface area contributed by atoms with E-state index in [0.29, 0.717) is 0 Å². The average molecular weight is 434 g/mol. The van der Waals surface area contributed by atoms with E-state index in [1.54, 1.807) is 0 Å². The van der Waals surface area contributed by atoms with E-state index in [4.69, 9.17) is 20.4 Å². The molecule has 0 aliphatic heterocycles. The number of nitrogens with one attached hydrogen (secondary N) is 2. The van der Waals surface area contributed by atoms with Crippen LogP contribution in [0.15, 0.2) is 103 Å². The lowest BCUT2D eigenvalue weighted by molar-refractivity contribution is 0.103. The second-order valence-electron chi connectivity index (χ2n) is 6.81. The summed E-state index contributed by atoms with van der Waals surface area (Å²) in [6, 6.07) is 33.7. The normalized spacial score (nSPS) is 9.12. The molecule has 5 rings (SSSR count). The Balaban J connectivity index is 0.000000190. The maximum atomic E-state index is 11.8. The van der Waals surface area contributed by atoms with E-state index in [1.165, 1.54) is 27.8 Å². The number of aryl methyl sites for hydroxylation is 1. The number of rotatable bonds is 2. The molecule has 0 heterocycles. The molecule has 0 atom stereocenters. The second kappa shape index (κ2) is 12.9. The minimum absolute atomic E-state index is 0.0752. The van der Waals surface area contributed by atoms with Crippen LogP contribution >= 0.6 is 0 Å². The molecule has 0 saturated heterocycles. The summed E-state index contributed by atoms with van der Waals surface area (Å²) in [5, 5.41) is 10.8. The second-order valence-corrected chi connectivity index (χ2v) is 6.81. The molecular formula is C28H22N2O3. The molecule has 1 aliphatic carbocycles. The van der Waals surface area contributed by atoms with Gasteiger partial charge in [0.2, 0.25) is 12.2 Å². The topological polar surface area (TPSA) is 98.9 Å². The van der Waals surface area contributed by atoms with Gasteiger partial charge in [-0.3, -0.25) is 4.79 Å². The SMILES string of the molecule is Cc1cccc2c1-c1ccccc1-2.N=C=O.N=C=O.O=C(c1ccccc1)c1ccccc1. The van der Waals surface area contributed by atoms with Crippen LogP contribution in [0.25, 0.3) is 22.3 Å². The molecule has 4 aromatic rings. The highest BCUT2D eigenvalue weighted by molar-refractivity contribution is 6.08. The maximum Gasteiger partial charge on any atom is 0.231 e. The van der Waals surface area contributed by atoms with E-state index in [1.807, 2.05) is 60.7 Å². The first-order chi connectivity index (χ1) is 16.1. The summed E-state index contributed by atoms with van der Waals surface area (Å²) in [6.45, 7) is 2.18. The standard InChI is InChI=1S/C13H10O.C13H10.2CHNO/c14-13(11-7-3-1-4-8-11)12-9-5-2-6-10-12;1-9-5-4-8-12-10-6-2-3-7-11(10)13(9)12;2*2-1-3/h1-10H;2-8H,1H3;2*2H. The molecule has 0 spiro atoms. The summed E-state index contributed by atoms with van der Waals surface area (Å²) in [5.74, 6) is 0.0752. The number of hydrogen-bond acceptors (Lipinski definition) is 5. The van der Waals surface area contributed by atoms with Crippen molar-refractivity contribution in [3.05, 3.63) is 120 Å². The quantitative estimate of drug-likeness (QED) is 0.192. The van der Waals surface area contributed by atoms with Crippen molar-refractivity contribution in [1.82, 2.24) is 0 Å². The first-order valence-corrected chi connectivity index (χ1v) is 10.0. The molecule has 0 radical (unpaired) electrons. The first kappa shape index (κ1) is 24.6. The van der Waals surface area contributed by atoms with Crippen LogP contribution < -0.4 is 0 Å². The van der Waals surface area contributed by atoms with E-state index in [2.05, 4.69) is 49.4 Å². The zero-order chi connectivity index (χ0) is 24.1. The van der Waals surface area contributed by atoms with Gasteiger partial charge in [-0.1, -0.05) is 103 Å². The molecule has 5 heteroatoms. The van der Waals surface area contributed by atoms with Crippen LogP contribution in [-0.4, -0.2) is 17.9 Å². The number of hydrogen-bond donors (Lipinski definition) is 2. The third-order valence-corrected chi connectivity index (χ3v) is 4.83. The van der Waals surface area contributed by atoms with Gasteiger partial charge >= 0.3 is 0 Å². The Hall–Kier alpha value is -4.69. The van der Waals surface area contributed by atoms with Gasteiger partial charge in [0.25, 0.3) is 0 Å².